The minimum atomic E-state index is -0.400. The number of ether oxygens (including phenoxy) is 1. The summed E-state index contributed by atoms with van der Waals surface area (Å²) < 4.78 is 18.5. The minimum Gasteiger partial charge on any atom is -0.491 e. The van der Waals surface area contributed by atoms with Crippen LogP contribution in [0.1, 0.15) is 18.5 Å². The molecule has 0 heterocycles. The summed E-state index contributed by atoms with van der Waals surface area (Å²) in [4.78, 5) is 0. The molecule has 0 fully saturated rings. The lowest BCUT2D eigenvalue weighted by Gasteiger charge is -2.14. The number of rotatable bonds is 5. The predicted octanol–water partition coefficient (Wildman–Crippen LogP) is 1.48. The lowest BCUT2D eigenvalue weighted by molar-refractivity contribution is 0.250. The lowest BCUT2D eigenvalue weighted by Crippen LogP contribution is -2.20. The largest absolute Gasteiger partial charge is 0.491 e. The molecule has 0 saturated heterocycles. The molecule has 1 atom stereocenters. The fourth-order valence-corrected chi connectivity index (χ4v) is 1.37. The fraction of sp³-hybridized carbons (Fsp3) is 0.455. The standard InChI is InChI=1S/C11H16FNO2/c1-3-15-11-5-4-8(6-9(11)12)10(7-14)13-2/h4-6,10,13-14H,3,7H2,1-2H3. The second-order valence-electron chi connectivity index (χ2n) is 3.15. The van der Waals surface area contributed by atoms with Crippen molar-refractivity contribution in [3.05, 3.63) is 29.6 Å². The molecule has 2 N–H and O–H groups in total. The highest BCUT2D eigenvalue weighted by Crippen LogP contribution is 2.21. The molecule has 0 aliphatic rings. The van der Waals surface area contributed by atoms with Crippen LogP contribution in [-0.2, 0) is 0 Å². The number of hydrogen-bond donors (Lipinski definition) is 2. The normalized spacial score (nSPS) is 12.5. The summed E-state index contributed by atoms with van der Waals surface area (Å²) in [7, 11) is 1.72. The fourth-order valence-electron chi connectivity index (χ4n) is 1.37. The van der Waals surface area contributed by atoms with E-state index in [1.807, 2.05) is 0 Å². The SMILES string of the molecule is CCOc1ccc(C(CO)NC)cc1F. The highest BCUT2D eigenvalue weighted by molar-refractivity contribution is 5.31. The van der Waals surface area contributed by atoms with Crippen LogP contribution in [0.15, 0.2) is 18.2 Å². The van der Waals surface area contributed by atoms with E-state index in [1.54, 1.807) is 26.1 Å². The van der Waals surface area contributed by atoms with Gasteiger partial charge in [0.1, 0.15) is 0 Å². The Morgan fingerprint density at radius 2 is 2.27 bits per heavy atom. The molecule has 1 aromatic rings. The van der Waals surface area contributed by atoms with Gasteiger partial charge >= 0.3 is 0 Å². The number of hydrogen-bond acceptors (Lipinski definition) is 3. The number of likely N-dealkylation sites (N-methyl/N-ethyl adjacent to an activating group) is 1. The predicted molar refractivity (Wildman–Crippen MR) is 56.5 cm³/mol. The van der Waals surface area contributed by atoms with E-state index in [-0.39, 0.29) is 18.4 Å². The summed E-state index contributed by atoms with van der Waals surface area (Å²) in [6.07, 6.45) is 0. The van der Waals surface area contributed by atoms with Crippen molar-refractivity contribution in [1.82, 2.24) is 5.32 Å². The molecule has 0 aliphatic carbocycles. The quantitative estimate of drug-likeness (QED) is 0.778. The third kappa shape index (κ3) is 2.91. The molecule has 0 amide bonds. The van der Waals surface area contributed by atoms with Crippen LogP contribution in [0, 0.1) is 5.82 Å². The summed E-state index contributed by atoms with van der Waals surface area (Å²) in [5.41, 5.74) is 0.709. The molecular formula is C11H16FNO2. The Balaban J connectivity index is 2.89. The maximum Gasteiger partial charge on any atom is 0.165 e. The van der Waals surface area contributed by atoms with Crippen molar-refractivity contribution >= 4 is 0 Å². The third-order valence-corrected chi connectivity index (χ3v) is 2.19. The van der Waals surface area contributed by atoms with Crippen LogP contribution in [0.4, 0.5) is 4.39 Å². The first-order valence-electron chi connectivity index (χ1n) is 4.93. The molecule has 0 saturated carbocycles. The van der Waals surface area contributed by atoms with E-state index < -0.39 is 5.82 Å². The molecule has 3 nitrogen and oxygen atoms in total. The van der Waals surface area contributed by atoms with Crippen LogP contribution < -0.4 is 10.1 Å². The van der Waals surface area contributed by atoms with Gasteiger partial charge in [-0.1, -0.05) is 6.07 Å². The van der Waals surface area contributed by atoms with Crippen molar-refractivity contribution in [2.45, 2.75) is 13.0 Å². The first kappa shape index (κ1) is 11.9. The molecule has 0 aliphatic heterocycles. The average molecular weight is 213 g/mol. The molecule has 15 heavy (non-hydrogen) atoms. The van der Waals surface area contributed by atoms with E-state index in [0.717, 1.165) is 0 Å². The maximum atomic E-state index is 13.4. The van der Waals surface area contributed by atoms with Gasteiger partial charge in [-0.2, -0.15) is 0 Å². The summed E-state index contributed by atoms with van der Waals surface area (Å²) in [5, 5.41) is 11.9. The Morgan fingerprint density at radius 1 is 1.53 bits per heavy atom. The summed E-state index contributed by atoms with van der Waals surface area (Å²) in [6, 6.07) is 4.46. The molecule has 0 spiro atoms. The van der Waals surface area contributed by atoms with Gasteiger partial charge < -0.3 is 15.2 Å². The van der Waals surface area contributed by atoms with Crippen LogP contribution in [0.3, 0.4) is 0 Å². The Bertz CT molecular complexity index is 313. The van der Waals surface area contributed by atoms with E-state index in [4.69, 9.17) is 9.84 Å². The van der Waals surface area contributed by atoms with Crippen molar-refractivity contribution in [3.63, 3.8) is 0 Å². The summed E-state index contributed by atoms with van der Waals surface area (Å²) >= 11 is 0. The minimum absolute atomic E-state index is 0.0656. The number of aliphatic hydroxyl groups excluding tert-OH is 1. The van der Waals surface area contributed by atoms with Gasteiger partial charge in [0.25, 0.3) is 0 Å². The van der Waals surface area contributed by atoms with Gasteiger partial charge in [0.2, 0.25) is 0 Å². The van der Waals surface area contributed by atoms with Crippen LogP contribution in [-0.4, -0.2) is 25.4 Å². The second kappa shape index (κ2) is 5.68. The summed E-state index contributed by atoms with van der Waals surface area (Å²) in [5.74, 6) is -0.155. The van der Waals surface area contributed by atoms with Gasteiger partial charge in [-0.15, -0.1) is 0 Å². The van der Waals surface area contributed by atoms with Gasteiger partial charge in [-0.25, -0.2) is 4.39 Å². The third-order valence-electron chi connectivity index (χ3n) is 2.19. The molecule has 1 unspecified atom stereocenters. The van der Waals surface area contributed by atoms with Crippen molar-refractivity contribution in [1.29, 1.82) is 0 Å². The lowest BCUT2D eigenvalue weighted by atomic mass is 10.1. The Morgan fingerprint density at radius 3 is 2.73 bits per heavy atom. The van der Waals surface area contributed by atoms with E-state index in [9.17, 15) is 4.39 Å². The average Bonchev–Trinajstić information content (AvgIpc) is 2.24. The van der Waals surface area contributed by atoms with Crippen molar-refractivity contribution in [3.8, 4) is 5.75 Å². The summed E-state index contributed by atoms with van der Waals surface area (Å²) in [6.45, 7) is 2.17. The van der Waals surface area contributed by atoms with Gasteiger partial charge in [0.15, 0.2) is 11.6 Å². The Labute approximate surface area is 88.9 Å². The van der Waals surface area contributed by atoms with Crippen LogP contribution in [0.2, 0.25) is 0 Å². The van der Waals surface area contributed by atoms with Gasteiger partial charge in [0.05, 0.1) is 19.3 Å². The first-order chi connectivity index (χ1) is 7.22. The zero-order valence-corrected chi connectivity index (χ0v) is 8.96. The monoisotopic (exact) mass is 213 g/mol. The molecule has 1 aromatic carbocycles. The Hall–Kier alpha value is -1.13. The van der Waals surface area contributed by atoms with Crippen molar-refractivity contribution in [2.24, 2.45) is 0 Å². The van der Waals surface area contributed by atoms with E-state index >= 15 is 0 Å². The number of benzene rings is 1. The molecule has 0 radical (unpaired) electrons. The van der Waals surface area contributed by atoms with Crippen LogP contribution >= 0.6 is 0 Å². The molecule has 1 rings (SSSR count). The topological polar surface area (TPSA) is 41.5 Å². The molecule has 0 aromatic heterocycles. The first-order valence-corrected chi connectivity index (χ1v) is 4.93. The van der Waals surface area contributed by atoms with Crippen LogP contribution in [0.5, 0.6) is 5.75 Å². The number of nitrogens with one attached hydrogen (secondary N) is 1. The van der Waals surface area contributed by atoms with E-state index in [1.165, 1.54) is 6.07 Å². The van der Waals surface area contributed by atoms with Gasteiger partial charge in [0, 0.05) is 0 Å². The molecule has 0 bridgehead atoms. The number of halogens is 1. The molecule has 84 valence electrons. The van der Waals surface area contributed by atoms with Crippen LogP contribution in [0.25, 0.3) is 0 Å². The van der Waals surface area contributed by atoms with E-state index in [2.05, 4.69) is 5.32 Å². The maximum absolute atomic E-state index is 13.4. The van der Waals surface area contributed by atoms with Crippen molar-refractivity contribution in [2.75, 3.05) is 20.3 Å². The van der Waals surface area contributed by atoms with E-state index in [0.29, 0.717) is 12.2 Å². The smallest absolute Gasteiger partial charge is 0.165 e. The zero-order chi connectivity index (χ0) is 11.3. The Kier molecular flexibility index (Phi) is 4.52. The highest BCUT2D eigenvalue weighted by atomic mass is 19.1. The zero-order valence-electron chi connectivity index (χ0n) is 8.96. The second-order valence-corrected chi connectivity index (χ2v) is 3.15. The van der Waals surface area contributed by atoms with Crippen molar-refractivity contribution < 1.29 is 14.2 Å². The molecular weight excluding hydrogens is 197 g/mol. The van der Waals surface area contributed by atoms with Gasteiger partial charge in [-0.05, 0) is 31.7 Å². The van der Waals surface area contributed by atoms with Gasteiger partial charge in [-0.3, -0.25) is 0 Å². The molecule has 4 heteroatoms. The number of aliphatic hydroxyl groups is 1. The highest BCUT2D eigenvalue weighted by Gasteiger charge is 2.11.